The zero-order valence-electron chi connectivity index (χ0n) is 7.31. The molecule has 0 aliphatic heterocycles. The molecule has 0 saturated carbocycles. The molecule has 0 aromatic heterocycles. The van der Waals surface area contributed by atoms with Crippen LogP contribution in [0.4, 0.5) is 0 Å². The maximum absolute atomic E-state index is 11.2. The lowest BCUT2D eigenvalue weighted by Crippen LogP contribution is -2.03. The van der Waals surface area contributed by atoms with E-state index in [1.165, 1.54) is 7.11 Å². The molecule has 1 aromatic carbocycles. The second kappa shape index (κ2) is 5.01. The van der Waals surface area contributed by atoms with Crippen LogP contribution in [0.2, 0.25) is 10.0 Å². The summed E-state index contributed by atoms with van der Waals surface area (Å²) in [4.78, 5) is 11.2. The molecule has 0 spiro atoms. The number of rotatable bonds is 2. The number of esters is 1. The van der Waals surface area contributed by atoms with Crippen molar-refractivity contribution >= 4 is 45.1 Å². The molecule has 0 saturated heterocycles. The third kappa shape index (κ3) is 2.22. The van der Waals surface area contributed by atoms with Gasteiger partial charge in [0.25, 0.3) is 0 Å². The molecular formula is C9H7BrCl2O2. The Hall–Kier alpha value is -0.250. The predicted molar refractivity (Wildman–Crippen MR) is 60.4 cm³/mol. The van der Waals surface area contributed by atoms with Crippen molar-refractivity contribution in [2.75, 3.05) is 7.11 Å². The minimum Gasteiger partial charge on any atom is -0.465 e. The predicted octanol–water partition coefficient (Wildman–Crippen LogP) is 3.67. The van der Waals surface area contributed by atoms with Crippen molar-refractivity contribution in [1.82, 2.24) is 0 Å². The fourth-order valence-corrected chi connectivity index (χ4v) is 2.47. The number of hydrogen-bond donors (Lipinski definition) is 0. The Bertz CT molecular complexity index is 366. The van der Waals surface area contributed by atoms with Gasteiger partial charge >= 0.3 is 5.97 Å². The molecule has 0 unspecified atom stereocenters. The van der Waals surface area contributed by atoms with E-state index in [1.54, 1.807) is 12.1 Å². The lowest BCUT2D eigenvalue weighted by atomic mass is 10.1. The first-order valence-corrected chi connectivity index (χ1v) is 5.60. The van der Waals surface area contributed by atoms with Crippen molar-refractivity contribution in [1.29, 1.82) is 0 Å². The molecule has 0 radical (unpaired) electrons. The summed E-state index contributed by atoms with van der Waals surface area (Å²) >= 11 is 15.1. The minimum absolute atomic E-state index is 0.327. The Labute approximate surface area is 100 Å². The summed E-state index contributed by atoms with van der Waals surface area (Å²) in [7, 11) is 1.31. The summed E-state index contributed by atoms with van der Waals surface area (Å²) in [6.07, 6.45) is 0. The lowest BCUT2D eigenvalue weighted by molar-refractivity contribution is 0.0601. The van der Waals surface area contributed by atoms with Gasteiger partial charge in [0, 0.05) is 15.9 Å². The van der Waals surface area contributed by atoms with Crippen molar-refractivity contribution in [3.63, 3.8) is 0 Å². The highest BCUT2D eigenvalue weighted by molar-refractivity contribution is 9.08. The first-order chi connectivity index (χ1) is 6.61. The Balaban J connectivity index is 3.28. The summed E-state index contributed by atoms with van der Waals surface area (Å²) < 4.78 is 4.57. The van der Waals surface area contributed by atoms with Crippen molar-refractivity contribution in [2.24, 2.45) is 0 Å². The van der Waals surface area contributed by atoms with Crippen molar-refractivity contribution in [3.8, 4) is 0 Å². The number of alkyl halides is 1. The average Bonchev–Trinajstić information content (AvgIpc) is 2.18. The number of methoxy groups -OCH3 is 1. The number of hydrogen-bond acceptors (Lipinski definition) is 2. The molecular weight excluding hydrogens is 291 g/mol. The molecule has 0 amide bonds. The zero-order valence-corrected chi connectivity index (χ0v) is 10.4. The average molecular weight is 298 g/mol. The van der Waals surface area contributed by atoms with Crippen LogP contribution >= 0.6 is 39.1 Å². The molecule has 0 heterocycles. The van der Waals surface area contributed by atoms with Crippen molar-refractivity contribution in [2.45, 2.75) is 5.33 Å². The van der Waals surface area contributed by atoms with Crippen LogP contribution in [-0.4, -0.2) is 13.1 Å². The number of benzene rings is 1. The van der Waals surface area contributed by atoms with Gasteiger partial charge < -0.3 is 4.74 Å². The molecule has 0 bridgehead atoms. The van der Waals surface area contributed by atoms with E-state index >= 15 is 0 Å². The molecule has 76 valence electrons. The van der Waals surface area contributed by atoms with Gasteiger partial charge in [-0.15, -0.1) is 0 Å². The first-order valence-electron chi connectivity index (χ1n) is 3.73. The van der Waals surface area contributed by atoms with E-state index in [2.05, 4.69) is 20.7 Å². The van der Waals surface area contributed by atoms with Gasteiger partial charge in [-0.05, 0) is 12.1 Å². The van der Waals surface area contributed by atoms with Crippen molar-refractivity contribution < 1.29 is 9.53 Å². The molecule has 0 fully saturated rings. The number of carbonyl (C=O) groups excluding carboxylic acids is 1. The molecule has 0 N–H and O–H groups in total. The number of carbonyl (C=O) groups is 1. The van der Waals surface area contributed by atoms with Gasteiger partial charge in [0.05, 0.1) is 17.7 Å². The molecule has 2 nitrogen and oxygen atoms in total. The Morgan fingerprint density at radius 1 is 1.50 bits per heavy atom. The van der Waals surface area contributed by atoms with Crippen LogP contribution in [0.3, 0.4) is 0 Å². The Morgan fingerprint density at radius 3 is 2.64 bits per heavy atom. The smallest absolute Gasteiger partial charge is 0.339 e. The quantitative estimate of drug-likeness (QED) is 0.615. The van der Waals surface area contributed by atoms with Gasteiger partial charge in [0.15, 0.2) is 0 Å². The summed E-state index contributed by atoms with van der Waals surface area (Å²) in [5.74, 6) is -0.464. The summed E-state index contributed by atoms with van der Waals surface area (Å²) in [6, 6.07) is 3.17. The molecule has 0 aliphatic rings. The molecule has 5 heteroatoms. The molecule has 1 aromatic rings. The van der Waals surface area contributed by atoms with Crippen LogP contribution in [0.15, 0.2) is 12.1 Å². The maximum atomic E-state index is 11.2. The molecule has 0 aliphatic carbocycles. The molecule has 1 rings (SSSR count). The second-order valence-corrected chi connectivity index (χ2v) is 3.86. The van der Waals surface area contributed by atoms with Crippen LogP contribution < -0.4 is 0 Å². The molecule has 0 atom stereocenters. The lowest BCUT2D eigenvalue weighted by Gasteiger charge is -2.07. The highest BCUT2D eigenvalue weighted by Gasteiger charge is 2.15. The highest BCUT2D eigenvalue weighted by atomic mass is 79.9. The first kappa shape index (κ1) is 11.8. The van der Waals surface area contributed by atoms with Gasteiger partial charge in [-0.25, -0.2) is 4.79 Å². The molecule has 14 heavy (non-hydrogen) atoms. The zero-order chi connectivity index (χ0) is 10.7. The van der Waals surface area contributed by atoms with Crippen LogP contribution in [-0.2, 0) is 10.1 Å². The van der Waals surface area contributed by atoms with Gasteiger partial charge in [0.1, 0.15) is 0 Å². The standard InChI is InChI=1S/C9H7BrCl2O2/c1-14-9(13)5-2-3-7(11)6(4-10)8(5)12/h2-3H,4H2,1H3. The van der Waals surface area contributed by atoms with E-state index < -0.39 is 5.97 Å². The van der Waals surface area contributed by atoms with Gasteiger partial charge in [0.2, 0.25) is 0 Å². The largest absolute Gasteiger partial charge is 0.465 e. The summed E-state index contributed by atoms with van der Waals surface area (Å²) in [5.41, 5.74) is 1.02. The maximum Gasteiger partial charge on any atom is 0.339 e. The van der Waals surface area contributed by atoms with E-state index in [0.29, 0.717) is 26.5 Å². The summed E-state index contributed by atoms with van der Waals surface area (Å²) in [6.45, 7) is 0. The number of ether oxygens (including phenoxy) is 1. The Kier molecular flexibility index (Phi) is 4.23. The number of halogens is 3. The van der Waals surface area contributed by atoms with Crippen molar-refractivity contribution in [3.05, 3.63) is 33.3 Å². The minimum atomic E-state index is -0.464. The monoisotopic (exact) mass is 296 g/mol. The van der Waals surface area contributed by atoms with Gasteiger partial charge in [-0.1, -0.05) is 39.1 Å². The van der Waals surface area contributed by atoms with Crippen LogP contribution in [0, 0.1) is 0 Å². The van der Waals surface area contributed by atoms with E-state index in [4.69, 9.17) is 23.2 Å². The van der Waals surface area contributed by atoms with Crippen LogP contribution in [0.1, 0.15) is 15.9 Å². The SMILES string of the molecule is COC(=O)c1ccc(Cl)c(CBr)c1Cl. The topological polar surface area (TPSA) is 26.3 Å². The fourth-order valence-electron chi connectivity index (χ4n) is 0.988. The third-order valence-electron chi connectivity index (χ3n) is 1.72. The van der Waals surface area contributed by atoms with E-state index in [9.17, 15) is 4.79 Å². The normalized spacial score (nSPS) is 10.0. The van der Waals surface area contributed by atoms with E-state index in [-0.39, 0.29) is 0 Å². The van der Waals surface area contributed by atoms with Crippen LogP contribution in [0.25, 0.3) is 0 Å². The van der Waals surface area contributed by atoms with Crippen LogP contribution in [0.5, 0.6) is 0 Å². The third-order valence-corrected chi connectivity index (χ3v) is 3.07. The summed E-state index contributed by atoms with van der Waals surface area (Å²) in [5, 5.41) is 1.36. The van der Waals surface area contributed by atoms with E-state index in [1.807, 2.05) is 0 Å². The highest BCUT2D eigenvalue weighted by Crippen LogP contribution is 2.30. The second-order valence-electron chi connectivity index (χ2n) is 2.51. The van der Waals surface area contributed by atoms with Gasteiger partial charge in [-0.2, -0.15) is 0 Å². The Morgan fingerprint density at radius 2 is 2.14 bits per heavy atom. The van der Waals surface area contributed by atoms with E-state index in [0.717, 1.165) is 0 Å². The fraction of sp³-hybridized carbons (Fsp3) is 0.222. The van der Waals surface area contributed by atoms with Gasteiger partial charge in [-0.3, -0.25) is 0 Å².